The predicted molar refractivity (Wildman–Crippen MR) is 99.8 cm³/mol. The molecule has 0 saturated carbocycles. The normalized spacial score (nSPS) is 11.1. The van der Waals surface area contributed by atoms with E-state index in [9.17, 15) is 17.6 Å². The molecule has 0 spiro atoms. The second-order valence-electron chi connectivity index (χ2n) is 5.38. The smallest absolute Gasteiger partial charge is 0.245 e. The molecule has 0 fully saturated rings. The number of amides is 1. The number of sulfonamides is 1. The summed E-state index contributed by atoms with van der Waals surface area (Å²) >= 11 is 5.67. The molecule has 0 unspecified atom stereocenters. The van der Waals surface area contributed by atoms with Crippen LogP contribution in [0.1, 0.15) is 6.92 Å². The first kappa shape index (κ1) is 20.0. The zero-order valence-corrected chi connectivity index (χ0v) is 15.8. The Balaban J connectivity index is 2.21. The average molecular weight is 401 g/mol. The molecular formula is C17H18ClFN2O4S. The molecule has 1 N–H and O–H groups in total. The highest BCUT2D eigenvalue weighted by molar-refractivity contribution is 7.92. The van der Waals surface area contributed by atoms with Crippen molar-refractivity contribution in [3.8, 4) is 5.75 Å². The molecule has 6 nitrogen and oxygen atoms in total. The SMILES string of the molecule is CCOc1cccc(N(CC(=O)Nc2ccc(F)c(Cl)c2)S(C)(=O)=O)c1. The van der Waals surface area contributed by atoms with Gasteiger partial charge in [-0.3, -0.25) is 9.10 Å². The third-order valence-corrected chi connectivity index (χ3v) is 4.74. The zero-order valence-electron chi connectivity index (χ0n) is 14.2. The molecule has 0 radical (unpaired) electrons. The standard InChI is InChI=1S/C17H18ClFN2O4S/c1-3-25-14-6-4-5-13(10-14)21(26(2,23)24)11-17(22)20-12-7-8-16(19)15(18)9-12/h4-10H,3,11H2,1-2H3,(H,20,22). The summed E-state index contributed by atoms with van der Waals surface area (Å²) in [4.78, 5) is 12.3. The fourth-order valence-electron chi connectivity index (χ4n) is 2.20. The molecule has 0 aromatic heterocycles. The number of anilines is 2. The Morgan fingerprint density at radius 1 is 1.27 bits per heavy atom. The second-order valence-corrected chi connectivity index (χ2v) is 7.69. The van der Waals surface area contributed by atoms with Gasteiger partial charge in [0.2, 0.25) is 15.9 Å². The van der Waals surface area contributed by atoms with Crippen LogP contribution in [-0.4, -0.2) is 33.7 Å². The quantitative estimate of drug-likeness (QED) is 0.773. The van der Waals surface area contributed by atoms with Crippen LogP contribution >= 0.6 is 11.6 Å². The van der Waals surface area contributed by atoms with Gasteiger partial charge < -0.3 is 10.1 Å². The molecule has 26 heavy (non-hydrogen) atoms. The molecule has 0 atom stereocenters. The summed E-state index contributed by atoms with van der Waals surface area (Å²) in [6.07, 6.45) is 1.00. The van der Waals surface area contributed by atoms with Crippen molar-refractivity contribution in [2.75, 3.05) is 29.0 Å². The summed E-state index contributed by atoms with van der Waals surface area (Å²) in [5.74, 6) is -0.723. The van der Waals surface area contributed by atoms with E-state index < -0.39 is 28.3 Å². The highest BCUT2D eigenvalue weighted by Gasteiger charge is 2.21. The fraction of sp³-hybridized carbons (Fsp3) is 0.235. The first-order valence-corrected chi connectivity index (χ1v) is 9.89. The molecule has 2 rings (SSSR count). The summed E-state index contributed by atoms with van der Waals surface area (Å²) in [6, 6.07) is 10.1. The van der Waals surface area contributed by atoms with Gasteiger partial charge in [0.1, 0.15) is 18.1 Å². The first-order chi connectivity index (χ1) is 12.2. The maximum atomic E-state index is 13.2. The van der Waals surface area contributed by atoms with Crippen LogP contribution in [0.4, 0.5) is 15.8 Å². The van der Waals surface area contributed by atoms with E-state index in [0.717, 1.165) is 16.6 Å². The lowest BCUT2D eigenvalue weighted by molar-refractivity contribution is -0.114. The van der Waals surface area contributed by atoms with E-state index >= 15 is 0 Å². The van der Waals surface area contributed by atoms with E-state index in [0.29, 0.717) is 18.0 Å². The molecule has 0 saturated heterocycles. The lowest BCUT2D eigenvalue weighted by Crippen LogP contribution is -2.37. The summed E-state index contributed by atoms with van der Waals surface area (Å²) in [5.41, 5.74) is 0.559. The van der Waals surface area contributed by atoms with Crippen molar-refractivity contribution in [3.05, 3.63) is 53.3 Å². The molecule has 0 aliphatic rings. The van der Waals surface area contributed by atoms with Crippen LogP contribution in [-0.2, 0) is 14.8 Å². The molecule has 0 aliphatic carbocycles. The van der Waals surface area contributed by atoms with Crippen LogP contribution in [0.3, 0.4) is 0 Å². The first-order valence-electron chi connectivity index (χ1n) is 7.66. The summed E-state index contributed by atoms with van der Waals surface area (Å²) in [5, 5.41) is 2.35. The van der Waals surface area contributed by atoms with Gasteiger partial charge in [-0.25, -0.2) is 12.8 Å². The van der Waals surface area contributed by atoms with Gasteiger partial charge in [0.15, 0.2) is 0 Å². The number of carbonyl (C=O) groups excluding carboxylic acids is 1. The lowest BCUT2D eigenvalue weighted by atomic mass is 10.3. The van der Waals surface area contributed by atoms with E-state index in [1.807, 2.05) is 6.92 Å². The molecular weight excluding hydrogens is 383 g/mol. The highest BCUT2D eigenvalue weighted by atomic mass is 35.5. The number of halogens is 2. The largest absolute Gasteiger partial charge is 0.494 e. The number of rotatable bonds is 7. The Kier molecular flexibility index (Phi) is 6.44. The minimum Gasteiger partial charge on any atom is -0.494 e. The predicted octanol–water partition coefficient (Wildman–Crippen LogP) is 3.28. The number of benzene rings is 2. The Hall–Kier alpha value is -2.32. The summed E-state index contributed by atoms with van der Waals surface area (Å²) < 4.78 is 43.7. The molecule has 140 valence electrons. The number of carbonyl (C=O) groups is 1. The Morgan fingerprint density at radius 2 is 2.00 bits per heavy atom. The average Bonchev–Trinajstić information content (AvgIpc) is 2.55. The van der Waals surface area contributed by atoms with Gasteiger partial charge in [-0.2, -0.15) is 0 Å². The summed E-state index contributed by atoms with van der Waals surface area (Å²) in [7, 11) is -3.72. The Morgan fingerprint density at radius 3 is 2.62 bits per heavy atom. The van der Waals surface area contributed by atoms with E-state index in [-0.39, 0.29) is 10.7 Å². The van der Waals surface area contributed by atoms with Crippen LogP contribution in [0.2, 0.25) is 5.02 Å². The maximum Gasteiger partial charge on any atom is 0.245 e. The monoisotopic (exact) mass is 400 g/mol. The minimum atomic E-state index is -3.72. The van der Waals surface area contributed by atoms with E-state index in [2.05, 4.69) is 5.32 Å². The minimum absolute atomic E-state index is 0.146. The molecule has 1 amide bonds. The molecule has 0 aliphatic heterocycles. The number of hydrogen-bond donors (Lipinski definition) is 1. The van der Waals surface area contributed by atoms with Crippen molar-refractivity contribution < 1.29 is 22.3 Å². The number of hydrogen-bond acceptors (Lipinski definition) is 4. The summed E-state index contributed by atoms with van der Waals surface area (Å²) in [6.45, 7) is 1.78. The van der Waals surface area contributed by atoms with Gasteiger partial charge in [-0.15, -0.1) is 0 Å². The van der Waals surface area contributed by atoms with Crippen molar-refractivity contribution in [3.63, 3.8) is 0 Å². The number of ether oxygens (including phenoxy) is 1. The van der Waals surface area contributed by atoms with Crippen molar-refractivity contribution in [1.29, 1.82) is 0 Å². The van der Waals surface area contributed by atoms with Crippen LogP contribution in [0.15, 0.2) is 42.5 Å². The molecule has 2 aromatic carbocycles. The van der Waals surface area contributed by atoms with E-state index in [1.165, 1.54) is 18.2 Å². The van der Waals surface area contributed by atoms with E-state index in [1.54, 1.807) is 18.2 Å². The highest BCUT2D eigenvalue weighted by Crippen LogP contribution is 2.24. The van der Waals surface area contributed by atoms with Gasteiger partial charge >= 0.3 is 0 Å². The fourth-order valence-corrected chi connectivity index (χ4v) is 3.23. The van der Waals surface area contributed by atoms with Crippen molar-refractivity contribution >= 4 is 38.9 Å². The van der Waals surface area contributed by atoms with Crippen LogP contribution in [0, 0.1) is 5.82 Å². The van der Waals surface area contributed by atoms with Gasteiger partial charge in [0.25, 0.3) is 0 Å². The molecule has 0 bridgehead atoms. The molecule has 0 heterocycles. The van der Waals surface area contributed by atoms with E-state index in [4.69, 9.17) is 16.3 Å². The van der Waals surface area contributed by atoms with Crippen molar-refractivity contribution in [2.24, 2.45) is 0 Å². The van der Waals surface area contributed by atoms with Crippen molar-refractivity contribution in [2.45, 2.75) is 6.92 Å². The van der Waals surface area contributed by atoms with Gasteiger partial charge in [0.05, 0.1) is 23.6 Å². The zero-order chi connectivity index (χ0) is 19.3. The van der Waals surface area contributed by atoms with Crippen LogP contribution < -0.4 is 14.4 Å². The Labute approximate surface area is 156 Å². The topological polar surface area (TPSA) is 75.7 Å². The molecule has 2 aromatic rings. The van der Waals surface area contributed by atoms with Gasteiger partial charge in [0, 0.05) is 11.8 Å². The van der Waals surface area contributed by atoms with Gasteiger partial charge in [-0.1, -0.05) is 17.7 Å². The Bertz CT molecular complexity index is 905. The second kappa shape index (κ2) is 8.37. The lowest BCUT2D eigenvalue weighted by Gasteiger charge is -2.22. The maximum absolute atomic E-state index is 13.2. The van der Waals surface area contributed by atoms with Crippen molar-refractivity contribution in [1.82, 2.24) is 0 Å². The van der Waals surface area contributed by atoms with Crippen LogP contribution in [0.5, 0.6) is 5.75 Å². The number of nitrogens with zero attached hydrogens (tertiary/aromatic N) is 1. The third-order valence-electron chi connectivity index (χ3n) is 3.31. The number of nitrogens with one attached hydrogen (secondary N) is 1. The van der Waals surface area contributed by atoms with Gasteiger partial charge in [-0.05, 0) is 37.3 Å². The third kappa shape index (κ3) is 5.34. The van der Waals surface area contributed by atoms with Crippen LogP contribution in [0.25, 0.3) is 0 Å². The molecule has 9 heteroatoms.